The van der Waals surface area contributed by atoms with Crippen LogP contribution in [0.15, 0.2) is 48.5 Å². The van der Waals surface area contributed by atoms with Crippen LogP contribution < -0.4 is 0 Å². The summed E-state index contributed by atoms with van der Waals surface area (Å²) in [5.74, 6) is 0.0523. The topological polar surface area (TPSA) is 49.9 Å². The van der Waals surface area contributed by atoms with Gasteiger partial charge in [0.05, 0.1) is 6.54 Å². The van der Waals surface area contributed by atoms with Gasteiger partial charge in [0.15, 0.2) is 0 Å². The predicted octanol–water partition coefficient (Wildman–Crippen LogP) is 4.86. The number of fused-ring (bicyclic) bond motifs is 3. The highest BCUT2D eigenvalue weighted by atomic mass is 16.6. The second kappa shape index (κ2) is 8.19. The molecule has 0 aromatic heterocycles. The smallest absolute Gasteiger partial charge is 0.411 e. The Morgan fingerprint density at radius 2 is 1.55 bits per heavy atom. The summed E-state index contributed by atoms with van der Waals surface area (Å²) in [5.41, 5.74) is 4.80. The van der Waals surface area contributed by atoms with E-state index in [9.17, 15) is 9.59 Å². The van der Waals surface area contributed by atoms with Gasteiger partial charge in [0.25, 0.3) is 0 Å². The van der Waals surface area contributed by atoms with E-state index in [-0.39, 0.29) is 11.3 Å². The molecule has 1 saturated heterocycles. The Hall–Kier alpha value is -2.82. The van der Waals surface area contributed by atoms with E-state index in [0.717, 1.165) is 43.5 Å². The first-order valence-electron chi connectivity index (χ1n) is 12.2. The van der Waals surface area contributed by atoms with E-state index in [1.807, 2.05) is 43.9 Å². The molecule has 0 radical (unpaired) electrons. The van der Waals surface area contributed by atoms with E-state index < -0.39 is 17.7 Å². The first kappa shape index (κ1) is 22.0. The molecule has 3 aliphatic rings. The summed E-state index contributed by atoms with van der Waals surface area (Å²) < 4.78 is 5.69. The van der Waals surface area contributed by atoms with Crippen molar-refractivity contribution in [2.24, 2.45) is 0 Å². The zero-order chi connectivity index (χ0) is 23.2. The average molecular weight is 447 g/mol. The number of rotatable bonds is 1. The number of nitrogens with zero attached hydrogens (tertiary/aromatic N) is 2. The van der Waals surface area contributed by atoms with Crippen LogP contribution in [-0.4, -0.2) is 46.5 Å². The van der Waals surface area contributed by atoms with E-state index in [4.69, 9.17) is 4.74 Å². The van der Waals surface area contributed by atoms with Crippen molar-refractivity contribution in [3.05, 3.63) is 70.8 Å². The molecule has 2 aromatic rings. The Morgan fingerprint density at radius 1 is 0.909 bits per heavy atom. The fourth-order valence-corrected chi connectivity index (χ4v) is 5.91. The molecule has 0 saturated carbocycles. The van der Waals surface area contributed by atoms with Crippen molar-refractivity contribution in [1.82, 2.24) is 9.80 Å². The fraction of sp³-hybridized carbons (Fsp3) is 0.500. The quantitative estimate of drug-likeness (QED) is 0.629. The summed E-state index contributed by atoms with van der Waals surface area (Å²) in [6.45, 7) is 7.49. The number of aryl methyl sites for hydroxylation is 1. The molecule has 33 heavy (non-hydrogen) atoms. The number of benzene rings is 2. The summed E-state index contributed by atoms with van der Waals surface area (Å²) >= 11 is 0. The van der Waals surface area contributed by atoms with E-state index in [0.29, 0.717) is 13.0 Å². The average Bonchev–Trinajstić information content (AvgIpc) is 3.15. The van der Waals surface area contributed by atoms with Gasteiger partial charge in [0.1, 0.15) is 11.6 Å². The maximum absolute atomic E-state index is 13.8. The maximum atomic E-state index is 13.8. The zero-order valence-electron chi connectivity index (χ0n) is 20.0. The number of amides is 2. The molecular weight excluding hydrogens is 412 g/mol. The molecule has 174 valence electrons. The number of hydrogen-bond donors (Lipinski definition) is 0. The van der Waals surface area contributed by atoms with E-state index in [1.165, 1.54) is 17.5 Å². The van der Waals surface area contributed by atoms with Crippen LogP contribution >= 0.6 is 0 Å². The summed E-state index contributed by atoms with van der Waals surface area (Å²) in [5, 5.41) is 0. The molecule has 1 unspecified atom stereocenters. The van der Waals surface area contributed by atoms with E-state index in [1.54, 1.807) is 4.90 Å². The van der Waals surface area contributed by atoms with Crippen LogP contribution in [0, 0.1) is 0 Å². The summed E-state index contributed by atoms with van der Waals surface area (Å²) in [4.78, 5) is 30.5. The lowest BCUT2D eigenvalue weighted by atomic mass is 9.73. The number of carbonyl (C=O) groups excluding carboxylic acids is 2. The molecule has 5 rings (SSSR count). The number of piperidine rings is 1. The van der Waals surface area contributed by atoms with Gasteiger partial charge in [-0.2, -0.15) is 0 Å². The Labute approximate surface area is 196 Å². The monoisotopic (exact) mass is 446 g/mol. The van der Waals surface area contributed by atoms with Crippen LogP contribution in [0.5, 0.6) is 0 Å². The lowest BCUT2D eigenvalue weighted by Gasteiger charge is -2.43. The molecule has 2 heterocycles. The summed E-state index contributed by atoms with van der Waals surface area (Å²) in [6, 6.07) is 16.4. The van der Waals surface area contributed by atoms with Crippen molar-refractivity contribution in [1.29, 1.82) is 0 Å². The predicted molar refractivity (Wildman–Crippen MR) is 128 cm³/mol. The van der Waals surface area contributed by atoms with Gasteiger partial charge >= 0.3 is 6.09 Å². The van der Waals surface area contributed by atoms with Crippen molar-refractivity contribution in [3.63, 3.8) is 0 Å². The highest BCUT2D eigenvalue weighted by Crippen LogP contribution is 2.46. The number of ether oxygens (including phenoxy) is 1. The third kappa shape index (κ3) is 4.14. The molecule has 0 bridgehead atoms. The van der Waals surface area contributed by atoms with E-state index in [2.05, 4.69) is 30.3 Å². The minimum atomic E-state index is -0.602. The lowest BCUT2D eigenvalue weighted by Crippen LogP contribution is -2.56. The lowest BCUT2D eigenvalue weighted by molar-refractivity contribution is -0.139. The van der Waals surface area contributed by atoms with Gasteiger partial charge in [-0.3, -0.25) is 9.69 Å². The maximum Gasteiger partial charge on any atom is 0.411 e. The van der Waals surface area contributed by atoms with Crippen LogP contribution in [-0.2, 0) is 34.3 Å². The summed E-state index contributed by atoms with van der Waals surface area (Å²) in [6.07, 6.45) is 4.43. The fourth-order valence-electron chi connectivity index (χ4n) is 5.91. The van der Waals surface area contributed by atoms with Crippen LogP contribution in [0.3, 0.4) is 0 Å². The van der Waals surface area contributed by atoms with Crippen molar-refractivity contribution in [2.75, 3.05) is 13.1 Å². The molecule has 1 atom stereocenters. The number of hydrogen-bond acceptors (Lipinski definition) is 3. The molecule has 2 aromatic carbocycles. The second-order valence-corrected chi connectivity index (χ2v) is 10.9. The van der Waals surface area contributed by atoms with Crippen LogP contribution in [0.1, 0.15) is 62.3 Å². The van der Waals surface area contributed by atoms with Crippen molar-refractivity contribution in [3.8, 4) is 0 Å². The van der Waals surface area contributed by atoms with Crippen LogP contribution in [0.2, 0.25) is 0 Å². The third-order valence-electron chi connectivity index (χ3n) is 7.66. The Balaban J connectivity index is 1.35. The second-order valence-electron chi connectivity index (χ2n) is 10.9. The van der Waals surface area contributed by atoms with Crippen molar-refractivity contribution >= 4 is 12.0 Å². The molecule has 1 fully saturated rings. The van der Waals surface area contributed by atoms with Gasteiger partial charge in [0.2, 0.25) is 5.91 Å². The molecule has 2 aliphatic heterocycles. The van der Waals surface area contributed by atoms with Gasteiger partial charge in [-0.05, 0) is 74.1 Å². The molecule has 1 spiro atoms. The summed E-state index contributed by atoms with van der Waals surface area (Å²) in [7, 11) is 0. The largest absolute Gasteiger partial charge is 0.444 e. The minimum Gasteiger partial charge on any atom is -0.444 e. The molecule has 2 amide bonds. The third-order valence-corrected chi connectivity index (χ3v) is 7.66. The Kier molecular flexibility index (Phi) is 5.46. The van der Waals surface area contributed by atoms with Gasteiger partial charge in [-0.25, -0.2) is 4.79 Å². The highest BCUT2D eigenvalue weighted by molar-refractivity contribution is 5.87. The molecule has 1 aliphatic carbocycles. The van der Waals surface area contributed by atoms with Crippen molar-refractivity contribution in [2.45, 2.75) is 76.5 Å². The zero-order valence-corrected chi connectivity index (χ0v) is 20.0. The van der Waals surface area contributed by atoms with Gasteiger partial charge in [-0.15, -0.1) is 0 Å². The van der Waals surface area contributed by atoms with Crippen molar-refractivity contribution < 1.29 is 14.3 Å². The molecule has 5 heteroatoms. The SMILES string of the molecule is CC(C)(C)OC(=O)N1Cc2ccccc2CC1C(=O)N1CCC2(CCc3ccccc32)CC1. The van der Waals surface area contributed by atoms with Crippen LogP contribution in [0.25, 0.3) is 0 Å². The van der Waals surface area contributed by atoms with Gasteiger partial charge < -0.3 is 9.64 Å². The Bertz CT molecular complexity index is 1060. The normalized spacial score (nSPS) is 21.5. The number of carbonyl (C=O) groups is 2. The first-order valence-corrected chi connectivity index (χ1v) is 12.2. The molecule has 5 nitrogen and oxygen atoms in total. The van der Waals surface area contributed by atoms with Gasteiger partial charge in [-0.1, -0.05) is 48.5 Å². The first-order chi connectivity index (χ1) is 15.8. The highest BCUT2D eigenvalue weighted by Gasteiger charge is 2.44. The standard InChI is InChI=1S/C28H34N2O3/c1-27(2,3)33-26(32)30-19-22-10-5-4-9-21(22)18-24(30)25(31)29-16-14-28(15-17-29)13-12-20-8-6-7-11-23(20)28/h4-11,24H,12-19H2,1-3H3. The molecule has 0 N–H and O–H groups in total. The van der Waals surface area contributed by atoms with E-state index >= 15 is 0 Å². The Morgan fingerprint density at radius 3 is 2.24 bits per heavy atom. The minimum absolute atomic E-state index is 0.0523. The molecular formula is C28H34N2O3. The number of likely N-dealkylation sites (tertiary alicyclic amines) is 1. The van der Waals surface area contributed by atoms with Gasteiger partial charge in [0, 0.05) is 19.5 Å². The van der Waals surface area contributed by atoms with Crippen LogP contribution in [0.4, 0.5) is 4.79 Å².